The summed E-state index contributed by atoms with van der Waals surface area (Å²) in [6.07, 6.45) is 2.25. The summed E-state index contributed by atoms with van der Waals surface area (Å²) in [5, 5.41) is 0. The van der Waals surface area contributed by atoms with Crippen molar-refractivity contribution in [2.75, 3.05) is 6.61 Å². The maximum absolute atomic E-state index is 6.02. The molecular weight excluding hydrogens is 180 g/mol. The van der Waals surface area contributed by atoms with Crippen LogP contribution in [-0.4, -0.2) is 20.8 Å². The summed E-state index contributed by atoms with van der Waals surface area (Å²) in [6.45, 7) is 13.4. The van der Waals surface area contributed by atoms with Gasteiger partial charge in [-0.25, -0.2) is 0 Å². The third kappa shape index (κ3) is 6.24. The zero-order valence-corrected chi connectivity index (χ0v) is 10.9. The smallest absolute Gasteiger partial charge is 0.332 e. The molecule has 0 aliphatic rings. The fraction of sp³-hybridized carbons (Fsp3) is 1.00. The van der Waals surface area contributed by atoms with Gasteiger partial charge in [-0.2, -0.15) is 0 Å². The highest BCUT2D eigenvalue weighted by Crippen LogP contribution is 2.22. The first kappa shape index (κ1) is 13.1. The van der Waals surface area contributed by atoms with Crippen molar-refractivity contribution in [3.8, 4) is 0 Å². The lowest BCUT2D eigenvalue weighted by Gasteiger charge is -2.34. The predicted octanol–water partition coefficient (Wildman–Crippen LogP) is 3.32. The molecule has 0 aliphatic carbocycles. The third-order valence-electron chi connectivity index (χ3n) is 1.87. The van der Waals surface area contributed by atoms with Crippen molar-refractivity contribution in [1.82, 2.24) is 0 Å². The Morgan fingerprint density at radius 1 is 1.15 bits per heavy atom. The van der Waals surface area contributed by atoms with Gasteiger partial charge in [0.15, 0.2) is 0 Å². The van der Waals surface area contributed by atoms with Gasteiger partial charge in [-0.15, -0.1) is 0 Å². The SMILES string of the molecule is CCCC(C)(C)O[Si](C)(C)OCC. The molecule has 0 N–H and O–H groups in total. The fourth-order valence-corrected chi connectivity index (χ4v) is 3.88. The standard InChI is InChI=1S/C10H24O2Si/c1-7-9-10(3,4)12-13(5,6)11-8-2/h7-9H2,1-6H3. The maximum Gasteiger partial charge on any atom is 0.332 e. The molecule has 80 valence electrons. The van der Waals surface area contributed by atoms with Crippen molar-refractivity contribution in [3.63, 3.8) is 0 Å². The molecule has 0 aromatic carbocycles. The van der Waals surface area contributed by atoms with Crippen LogP contribution in [0, 0.1) is 0 Å². The Kier molecular flexibility index (Phi) is 5.18. The van der Waals surface area contributed by atoms with Crippen LogP contribution in [0.15, 0.2) is 0 Å². The van der Waals surface area contributed by atoms with Crippen molar-refractivity contribution >= 4 is 8.56 Å². The van der Waals surface area contributed by atoms with E-state index in [9.17, 15) is 0 Å². The summed E-state index contributed by atoms with van der Waals surface area (Å²) in [5.74, 6) is 0. The van der Waals surface area contributed by atoms with E-state index in [2.05, 4.69) is 33.9 Å². The predicted molar refractivity (Wildman–Crippen MR) is 59.2 cm³/mol. The van der Waals surface area contributed by atoms with Crippen LogP contribution in [-0.2, 0) is 8.85 Å². The summed E-state index contributed by atoms with van der Waals surface area (Å²) in [5.41, 5.74) is -0.0281. The molecule has 0 saturated carbocycles. The summed E-state index contributed by atoms with van der Waals surface area (Å²) in [6, 6.07) is 0. The second-order valence-electron chi connectivity index (χ2n) is 4.44. The molecule has 0 unspecified atom stereocenters. The van der Waals surface area contributed by atoms with Gasteiger partial charge < -0.3 is 8.85 Å². The van der Waals surface area contributed by atoms with Crippen LogP contribution in [0.1, 0.15) is 40.5 Å². The summed E-state index contributed by atoms with van der Waals surface area (Å²) < 4.78 is 11.7. The first-order valence-corrected chi connectivity index (χ1v) is 7.99. The van der Waals surface area contributed by atoms with Crippen LogP contribution >= 0.6 is 0 Å². The van der Waals surface area contributed by atoms with Gasteiger partial charge in [0.1, 0.15) is 0 Å². The largest absolute Gasteiger partial charge is 0.395 e. The monoisotopic (exact) mass is 204 g/mol. The van der Waals surface area contributed by atoms with Gasteiger partial charge in [0, 0.05) is 6.61 Å². The van der Waals surface area contributed by atoms with Crippen molar-refractivity contribution in [2.45, 2.75) is 59.2 Å². The average Bonchev–Trinajstić information content (AvgIpc) is 1.82. The Hall–Kier alpha value is 0.137. The van der Waals surface area contributed by atoms with Crippen molar-refractivity contribution in [1.29, 1.82) is 0 Å². The van der Waals surface area contributed by atoms with E-state index in [-0.39, 0.29) is 5.60 Å². The summed E-state index contributed by atoms with van der Waals surface area (Å²) in [7, 11) is -1.88. The first-order valence-electron chi connectivity index (χ1n) is 5.17. The zero-order valence-electron chi connectivity index (χ0n) is 9.94. The van der Waals surface area contributed by atoms with Crippen molar-refractivity contribution in [2.24, 2.45) is 0 Å². The highest BCUT2D eigenvalue weighted by molar-refractivity contribution is 6.64. The van der Waals surface area contributed by atoms with E-state index in [0.29, 0.717) is 0 Å². The minimum atomic E-state index is -1.88. The molecule has 3 heteroatoms. The molecule has 0 rings (SSSR count). The lowest BCUT2D eigenvalue weighted by molar-refractivity contribution is 0.0487. The van der Waals surface area contributed by atoms with E-state index in [1.807, 2.05) is 6.92 Å². The van der Waals surface area contributed by atoms with Gasteiger partial charge in [-0.05, 0) is 40.3 Å². The van der Waals surface area contributed by atoms with E-state index < -0.39 is 8.56 Å². The molecule has 0 saturated heterocycles. The van der Waals surface area contributed by atoms with E-state index in [1.54, 1.807) is 0 Å². The van der Waals surface area contributed by atoms with E-state index in [4.69, 9.17) is 8.85 Å². The Bertz CT molecular complexity index is 128. The van der Waals surface area contributed by atoms with Crippen molar-refractivity contribution in [3.05, 3.63) is 0 Å². The summed E-state index contributed by atoms with van der Waals surface area (Å²) in [4.78, 5) is 0. The number of hydrogen-bond acceptors (Lipinski definition) is 2. The Labute approximate surface area is 83.9 Å². The molecule has 0 radical (unpaired) electrons. The number of hydrogen-bond donors (Lipinski definition) is 0. The Morgan fingerprint density at radius 3 is 2.08 bits per heavy atom. The molecule has 0 heterocycles. The topological polar surface area (TPSA) is 18.5 Å². The fourth-order valence-electron chi connectivity index (χ4n) is 1.70. The zero-order chi connectivity index (χ0) is 10.5. The molecule has 13 heavy (non-hydrogen) atoms. The van der Waals surface area contributed by atoms with Crippen LogP contribution in [0.4, 0.5) is 0 Å². The minimum Gasteiger partial charge on any atom is -0.395 e. The van der Waals surface area contributed by atoms with Crippen LogP contribution in [0.5, 0.6) is 0 Å². The van der Waals surface area contributed by atoms with Gasteiger partial charge in [-0.1, -0.05) is 13.3 Å². The molecule has 0 fully saturated rings. The lowest BCUT2D eigenvalue weighted by atomic mass is 10.0. The molecule has 0 aromatic rings. The van der Waals surface area contributed by atoms with E-state index in [1.165, 1.54) is 0 Å². The molecule has 0 atom stereocenters. The molecular formula is C10H24O2Si. The van der Waals surface area contributed by atoms with Gasteiger partial charge in [0.05, 0.1) is 5.60 Å². The van der Waals surface area contributed by atoms with E-state index >= 15 is 0 Å². The minimum absolute atomic E-state index is 0.0281. The highest BCUT2D eigenvalue weighted by Gasteiger charge is 2.31. The molecule has 0 spiro atoms. The molecule has 2 nitrogen and oxygen atoms in total. The normalized spacial score (nSPS) is 13.4. The average molecular weight is 204 g/mol. The summed E-state index contributed by atoms with van der Waals surface area (Å²) >= 11 is 0. The first-order chi connectivity index (χ1) is 5.83. The van der Waals surface area contributed by atoms with Crippen LogP contribution in [0.25, 0.3) is 0 Å². The van der Waals surface area contributed by atoms with Crippen LogP contribution in [0.2, 0.25) is 13.1 Å². The van der Waals surface area contributed by atoms with Crippen molar-refractivity contribution < 1.29 is 8.85 Å². The van der Waals surface area contributed by atoms with Crippen LogP contribution in [0.3, 0.4) is 0 Å². The lowest BCUT2D eigenvalue weighted by Crippen LogP contribution is -2.43. The second-order valence-corrected chi connectivity index (χ2v) is 7.74. The van der Waals surface area contributed by atoms with E-state index in [0.717, 1.165) is 19.4 Å². The van der Waals surface area contributed by atoms with Crippen LogP contribution < -0.4 is 0 Å². The van der Waals surface area contributed by atoms with Gasteiger partial charge >= 0.3 is 8.56 Å². The quantitative estimate of drug-likeness (QED) is 0.618. The molecule has 0 bridgehead atoms. The molecule has 0 aromatic heterocycles. The van der Waals surface area contributed by atoms with Gasteiger partial charge in [-0.3, -0.25) is 0 Å². The highest BCUT2D eigenvalue weighted by atomic mass is 28.4. The number of rotatable bonds is 6. The Morgan fingerprint density at radius 2 is 1.69 bits per heavy atom. The maximum atomic E-state index is 6.02. The molecule has 0 aliphatic heterocycles. The second kappa shape index (κ2) is 5.13. The van der Waals surface area contributed by atoms with Gasteiger partial charge in [0.25, 0.3) is 0 Å². The third-order valence-corrected chi connectivity index (χ3v) is 3.89. The Balaban J connectivity index is 4.07. The molecule has 0 amide bonds. The van der Waals surface area contributed by atoms with Gasteiger partial charge in [0.2, 0.25) is 0 Å².